The molecule has 0 radical (unpaired) electrons. The largest absolute Gasteiger partial charge is 0.417 e. The predicted molar refractivity (Wildman–Crippen MR) is 101 cm³/mol. The number of benzene rings is 3. The minimum atomic E-state index is -4.74. The molecule has 0 fully saturated rings. The average molecular weight is 422 g/mol. The van der Waals surface area contributed by atoms with E-state index >= 15 is 0 Å². The average Bonchev–Trinajstić information content (AvgIpc) is 2.68. The molecule has 0 unspecified atom stereocenters. The van der Waals surface area contributed by atoms with Gasteiger partial charge in [0.2, 0.25) is 0 Å². The van der Waals surface area contributed by atoms with E-state index in [9.17, 15) is 27.2 Å². The zero-order valence-electron chi connectivity index (χ0n) is 14.6. The molecule has 0 saturated carbocycles. The molecule has 0 aliphatic heterocycles. The second-order valence-electron chi connectivity index (χ2n) is 6.00. The van der Waals surface area contributed by atoms with Crippen molar-refractivity contribution in [2.45, 2.75) is 6.18 Å². The number of carbonyl (C=O) groups excluding carboxylic acids is 2. The Hall–Kier alpha value is -3.19. The van der Waals surface area contributed by atoms with Crippen molar-refractivity contribution < 1.29 is 27.2 Å². The fourth-order valence-electron chi connectivity index (χ4n) is 2.72. The van der Waals surface area contributed by atoms with E-state index in [0.29, 0.717) is 0 Å². The summed E-state index contributed by atoms with van der Waals surface area (Å²) in [5, 5.41) is 2.43. The van der Waals surface area contributed by atoms with Crippen LogP contribution in [0.4, 0.5) is 23.2 Å². The van der Waals surface area contributed by atoms with Crippen molar-refractivity contribution in [2.75, 3.05) is 5.32 Å². The fourth-order valence-corrected chi connectivity index (χ4v) is 2.89. The summed E-state index contributed by atoms with van der Waals surface area (Å²) in [6, 6.07) is 13.3. The van der Waals surface area contributed by atoms with Gasteiger partial charge in [0.15, 0.2) is 5.78 Å². The lowest BCUT2D eigenvalue weighted by molar-refractivity contribution is -0.137. The van der Waals surface area contributed by atoms with Crippen LogP contribution in [0.5, 0.6) is 0 Å². The summed E-state index contributed by atoms with van der Waals surface area (Å²) in [6.45, 7) is 0. The van der Waals surface area contributed by atoms with Gasteiger partial charge in [-0.2, -0.15) is 13.2 Å². The van der Waals surface area contributed by atoms with Gasteiger partial charge < -0.3 is 5.32 Å². The molecule has 0 aliphatic rings. The molecule has 0 heterocycles. The maximum atomic E-state index is 14.0. The molecule has 0 saturated heterocycles. The van der Waals surface area contributed by atoms with Crippen LogP contribution in [-0.2, 0) is 6.18 Å². The van der Waals surface area contributed by atoms with Gasteiger partial charge in [0, 0.05) is 10.6 Å². The zero-order valence-corrected chi connectivity index (χ0v) is 15.3. The summed E-state index contributed by atoms with van der Waals surface area (Å²) in [5.74, 6) is -2.62. The Bertz CT molecular complexity index is 1100. The monoisotopic (exact) mass is 421 g/mol. The van der Waals surface area contributed by atoms with E-state index in [4.69, 9.17) is 11.6 Å². The highest BCUT2D eigenvalue weighted by atomic mass is 35.5. The Morgan fingerprint density at radius 2 is 1.45 bits per heavy atom. The molecule has 1 amide bonds. The summed E-state index contributed by atoms with van der Waals surface area (Å²) in [5.41, 5.74) is -2.24. The van der Waals surface area contributed by atoms with Gasteiger partial charge in [0.1, 0.15) is 5.82 Å². The molecule has 0 aromatic heterocycles. The van der Waals surface area contributed by atoms with E-state index < -0.39 is 34.8 Å². The highest BCUT2D eigenvalue weighted by molar-refractivity contribution is 6.31. The molecule has 0 aliphatic carbocycles. The van der Waals surface area contributed by atoms with Crippen LogP contribution in [-0.4, -0.2) is 11.7 Å². The summed E-state index contributed by atoms with van der Waals surface area (Å²) in [6.07, 6.45) is -4.74. The van der Waals surface area contributed by atoms with Gasteiger partial charge in [0.05, 0.1) is 22.4 Å². The maximum absolute atomic E-state index is 14.0. The molecule has 0 bridgehead atoms. The van der Waals surface area contributed by atoms with Crippen molar-refractivity contribution in [2.24, 2.45) is 0 Å². The summed E-state index contributed by atoms with van der Waals surface area (Å²) in [7, 11) is 0. The van der Waals surface area contributed by atoms with Gasteiger partial charge >= 0.3 is 6.18 Å². The third kappa shape index (κ3) is 4.46. The molecule has 3 nitrogen and oxygen atoms in total. The number of hydrogen-bond acceptors (Lipinski definition) is 2. The van der Waals surface area contributed by atoms with Crippen LogP contribution in [0.25, 0.3) is 0 Å². The van der Waals surface area contributed by atoms with E-state index in [1.807, 2.05) is 0 Å². The van der Waals surface area contributed by atoms with Gasteiger partial charge in [-0.1, -0.05) is 35.9 Å². The Morgan fingerprint density at radius 1 is 0.828 bits per heavy atom. The highest BCUT2D eigenvalue weighted by Gasteiger charge is 2.35. The van der Waals surface area contributed by atoms with Gasteiger partial charge in [0.25, 0.3) is 5.91 Å². The first-order valence-corrected chi connectivity index (χ1v) is 8.62. The quantitative estimate of drug-likeness (QED) is 0.416. The number of halogens is 5. The Balaban J connectivity index is 2.01. The van der Waals surface area contributed by atoms with Gasteiger partial charge in [-0.25, -0.2) is 4.39 Å². The van der Waals surface area contributed by atoms with Crippen LogP contribution in [0.3, 0.4) is 0 Å². The molecular weight excluding hydrogens is 410 g/mol. The van der Waals surface area contributed by atoms with E-state index in [2.05, 4.69) is 5.32 Å². The maximum Gasteiger partial charge on any atom is 0.417 e. The van der Waals surface area contributed by atoms with E-state index in [1.54, 1.807) is 0 Å². The molecule has 148 valence electrons. The highest BCUT2D eigenvalue weighted by Crippen LogP contribution is 2.32. The predicted octanol–water partition coefficient (Wildman–Crippen LogP) is 5.98. The van der Waals surface area contributed by atoms with E-state index in [0.717, 1.165) is 24.3 Å². The normalized spacial score (nSPS) is 11.2. The Kier molecular flexibility index (Phi) is 5.70. The van der Waals surface area contributed by atoms with Crippen LogP contribution in [0.2, 0.25) is 5.02 Å². The van der Waals surface area contributed by atoms with Gasteiger partial charge in [-0.3, -0.25) is 9.59 Å². The number of ketones is 1. The van der Waals surface area contributed by atoms with Crippen molar-refractivity contribution in [3.63, 3.8) is 0 Å². The summed E-state index contributed by atoms with van der Waals surface area (Å²) in [4.78, 5) is 25.3. The molecule has 3 aromatic rings. The number of rotatable bonds is 4. The number of amides is 1. The van der Waals surface area contributed by atoms with Crippen LogP contribution >= 0.6 is 11.6 Å². The lowest BCUT2D eigenvalue weighted by atomic mass is 10.0. The topological polar surface area (TPSA) is 46.2 Å². The van der Waals surface area contributed by atoms with Crippen molar-refractivity contribution >= 4 is 29.0 Å². The Morgan fingerprint density at radius 3 is 2.10 bits per heavy atom. The molecule has 3 aromatic carbocycles. The third-order valence-electron chi connectivity index (χ3n) is 4.07. The van der Waals surface area contributed by atoms with Crippen molar-refractivity contribution in [3.05, 3.63) is 99.8 Å². The zero-order chi connectivity index (χ0) is 21.2. The smallest absolute Gasteiger partial charge is 0.321 e. The first-order chi connectivity index (χ1) is 13.7. The van der Waals surface area contributed by atoms with Gasteiger partial charge in [-0.05, 0) is 42.5 Å². The van der Waals surface area contributed by atoms with Crippen molar-refractivity contribution in [1.29, 1.82) is 0 Å². The van der Waals surface area contributed by atoms with Gasteiger partial charge in [-0.15, -0.1) is 0 Å². The van der Waals surface area contributed by atoms with Crippen molar-refractivity contribution in [3.8, 4) is 0 Å². The molecule has 1 N–H and O–H groups in total. The third-order valence-corrected chi connectivity index (χ3v) is 4.31. The first kappa shape index (κ1) is 20.5. The minimum absolute atomic E-state index is 0.0929. The van der Waals surface area contributed by atoms with Crippen LogP contribution in [0.15, 0.2) is 66.7 Å². The van der Waals surface area contributed by atoms with Crippen LogP contribution in [0.1, 0.15) is 31.8 Å². The number of anilines is 1. The molecule has 8 heteroatoms. The van der Waals surface area contributed by atoms with E-state index in [-0.39, 0.29) is 21.8 Å². The number of carbonyl (C=O) groups is 2. The fraction of sp³-hybridized carbons (Fsp3) is 0.0476. The Labute approximate surface area is 167 Å². The van der Waals surface area contributed by atoms with E-state index in [1.165, 1.54) is 42.5 Å². The summed E-state index contributed by atoms with van der Waals surface area (Å²) < 4.78 is 53.5. The molecule has 0 atom stereocenters. The SMILES string of the molecule is O=C(c1ccccc1F)c1cc(Cl)ccc1NC(=O)c1ccccc1C(F)(F)F. The lowest BCUT2D eigenvalue weighted by Crippen LogP contribution is -2.20. The first-order valence-electron chi connectivity index (χ1n) is 8.25. The lowest BCUT2D eigenvalue weighted by Gasteiger charge is -2.15. The minimum Gasteiger partial charge on any atom is -0.321 e. The summed E-state index contributed by atoms with van der Waals surface area (Å²) >= 11 is 5.92. The molecule has 29 heavy (non-hydrogen) atoms. The van der Waals surface area contributed by atoms with Crippen molar-refractivity contribution in [1.82, 2.24) is 0 Å². The number of alkyl halides is 3. The molecule has 0 spiro atoms. The number of nitrogens with one attached hydrogen (secondary N) is 1. The number of hydrogen-bond donors (Lipinski definition) is 1. The molecule has 3 rings (SSSR count). The second-order valence-corrected chi connectivity index (χ2v) is 6.43. The van der Waals surface area contributed by atoms with Crippen LogP contribution < -0.4 is 5.32 Å². The molecular formula is C21H12ClF4NO2. The standard InChI is InChI=1S/C21H12ClF4NO2/c22-12-9-10-18(15(11-12)19(28)14-6-2-4-8-17(14)23)27-20(29)13-5-1-3-7-16(13)21(24,25)26/h1-11H,(H,27,29). The van der Waals surface area contributed by atoms with Crippen LogP contribution in [0, 0.1) is 5.82 Å². The second kappa shape index (κ2) is 8.05.